The third-order valence-corrected chi connectivity index (χ3v) is 5.78. The minimum absolute atomic E-state index is 0.0168. The second kappa shape index (κ2) is 8.76. The summed E-state index contributed by atoms with van der Waals surface area (Å²) in [6.07, 6.45) is 3.14. The predicted octanol–water partition coefficient (Wildman–Crippen LogP) is 2.66. The van der Waals surface area contributed by atoms with Crippen LogP contribution in [-0.2, 0) is 20.7 Å². The number of nitrogens with zero attached hydrogens (tertiary/aromatic N) is 1. The van der Waals surface area contributed by atoms with Crippen LogP contribution in [0.3, 0.4) is 0 Å². The molecule has 1 aromatic carbocycles. The van der Waals surface area contributed by atoms with E-state index in [1.54, 1.807) is 0 Å². The van der Waals surface area contributed by atoms with Gasteiger partial charge in [0.25, 0.3) is 0 Å². The summed E-state index contributed by atoms with van der Waals surface area (Å²) in [5.74, 6) is -0.0421. The van der Waals surface area contributed by atoms with Gasteiger partial charge in [-0.2, -0.15) is 0 Å². The van der Waals surface area contributed by atoms with Crippen LogP contribution < -0.4 is 5.32 Å². The Morgan fingerprint density at radius 2 is 1.96 bits per heavy atom. The van der Waals surface area contributed by atoms with Crippen LogP contribution in [0.5, 0.6) is 0 Å². The number of esters is 1. The zero-order chi connectivity index (χ0) is 20.3. The predicted molar refractivity (Wildman–Crippen MR) is 106 cm³/mol. The number of benzene rings is 1. The fourth-order valence-corrected chi connectivity index (χ4v) is 3.94. The molecular formula is C22H30N2O4. The molecule has 2 heterocycles. The zero-order valence-corrected chi connectivity index (χ0v) is 17.0. The van der Waals surface area contributed by atoms with Gasteiger partial charge >= 0.3 is 5.97 Å². The van der Waals surface area contributed by atoms with E-state index in [1.807, 2.05) is 37.8 Å². The highest BCUT2D eigenvalue weighted by Crippen LogP contribution is 2.31. The minimum atomic E-state index is -0.443. The van der Waals surface area contributed by atoms with Crippen LogP contribution in [0.1, 0.15) is 67.4 Å². The molecule has 0 radical (unpaired) electrons. The van der Waals surface area contributed by atoms with Gasteiger partial charge in [-0.15, -0.1) is 0 Å². The molecule has 28 heavy (non-hydrogen) atoms. The van der Waals surface area contributed by atoms with Gasteiger partial charge in [-0.3, -0.25) is 9.59 Å². The SMILES string of the molecule is CCC(NC(=O)C(C)C)C(=O)N1CCC(c2ccc3c(c2)CCOC3=O)CC1. The molecule has 3 rings (SSSR count). The molecule has 0 bridgehead atoms. The highest BCUT2D eigenvalue weighted by atomic mass is 16.5. The molecule has 1 atom stereocenters. The normalized spacial score (nSPS) is 18.4. The van der Waals surface area contributed by atoms with Crippen molar-refractivity contribution in [2.24, 2.45) is 5.92 Å². The highest BCUT2D eigenvalue weighted by molar-refractivity contribution is 5.92. The molecule has 0 saturated carbocycles. The summed E-state index contributed by atoms with van der Waals surface area (Å²) < 4.78 is 5.09. The largest absolute Gasteiger partial charge is 0.462 e. The summed E-state index contributed by atoms with van der Waals surface area (Å²) in [4.78, 5) is 38.5. The number of rotatable bonds is 5. The molecular weight excluding hydrogens is 356 g/mol. The van der Waals surface area contributed by atoms with Crippen molar-refractivity contribution < 1.29 is 19.1 Å². The number of hydrogen-bond donors (Lipinski definition) is 1. The van der Waals surface area contributed by atoms with Crippen LogP contribution >= 0.6 is 0 Å². The Morgan fingerprint density at radius 3 is 2.61 bits per heavy atom. The lowest BCUT2D eigenvalue weighted by Gasteiger charge is -2.35. The van der Waals surface area contributed by atoms with Crippen molar-refractivity contribution in [3.05, 3.63) is 34.9 Å². The summed E-state index contributed by atoms with van der Waals surface area (Å²) in [6.45, 7) is 7.41. The Hall–Kier alpha value is -2.37. The summed E-state index contributed by atoms with van der Waals surface area (Å²) in [7, 11) is 0. The molecule has 0 spiro atoms. The lowest BCUT2D eigenvalue weighted by atomic mass is 9.86. The Labute approximate surface area is 166 Å². The van der Waals surface area contributed by atoms with Gasteiger partial charge in [0.1, 0.15) is 6.04 Å². The Kier molecular flexibility index (Phi) is 6.37. The van der Waals surface area contributed by atoms with Crippen molar-refractivity contribution >= 4 is 17.8 Å². The number of amides is 2. The van der Waals surface area contributed by atoms with Crippen LogP contribution in [0.15, 0.2) is 18.2 Å². The van der Waals surface area contributed by atoms with Crippen LogP contribution in [0, 0.1) is 5.92 Å². The molecule has 1 fully saturated rings. The second-order valence-corrected chi connectivity index (χ2v) is 8.03. The van der Waals surface area contributed by atoms with Gasteiger partial charge in [-0.25, -0.2) is 4.79 Å². The Balaban J connectivity index is 1.60. The van der Waals surface area contributed by atoms with Crippen molar-refractivity contribution in [2.45, 2.75) is 58.4 Å². The lowest BCUT2D eigenvalue weighted by Crippen LogP contribution is -2.51. The van der Waals surface area contributed by atoms with Crippen LogP contribution in [0.2, 0.25) is 0 Å². The Morgan fingerprint density at radius 1 is 1.25 bits per heavy atom. The number of likely N-dealkylation sites (tertiary alicyclic amines) is 1. The van der Waals surface area contributed by atoms with Crippen molar-refractivity contribution in [3.63, 3.8) is 0 Å². The van der Waals surface area contributed by atoms with Crippen LogP contribution in [-0.4, -0.2) is 48.4 Å². The van der Waals surface area contributed by atoms with Gasteiger partial charge in [0, 0.05) is 25.4 Å². The first-order valence-corrected chi connectivity index (χ1v) is 10.3. The maximum Gasteiger partial charge on any atom is 0.338 e. The minimum Gasteiger partial charge on any atom is -0.462 e. The first-order valence-electron chi connectivity index (χ1n) is 10.3. The smallest absolute Gasteiger partial charge is 0.338 e. The van der Waals surface area contributed by atoms with E-state index in [-0.39, 0.29) is 23.7 Å². The van der Waals surface area contributed by atoms with E-state index >= 15 is 0 Å². The number of hydrogen-bond acceptors (Lipinski definition) is 4. The van der Waals surface area contributed by atoms with Gasteiger partial charge in [0.2, 0.25) is 11.8 Å². The first kappa shape index (κ1) is 20.4. The molecule has 152 valence electrons. The molecule has 6 nitrogen and oxygen atoms in total. The number of carbonyl (C=O) groups is 3. The van der Waals surface area contributed by atoms with Crippen molar-refractivity contribution in [1.29, 1.82) is 0 Å². The maximum atomic E-state index is 12.8. The maximum absolute atomic E-state index is 12.8. The van der Waals surface area contributed by atoms with E-state index in [1.165, 1.54) is 5.56 Å². The van der Waals surface area contributed by atoms with Gasteiger partial charge in [-0.1, -0.05) is 32.9 Å². The second-order valence-electron chi connectivity index (χ2n) is 8.03. The number of ether oxygens (including phenoxy) is 1. The van der Waals surface area contributed by atoms with Gasteiger partial charge < -0.3 is 15.0 Å². The van der Waals surface area contributed by atoms with E-state index < -0.39 is 6.04 Å². The summed E-state index contributed by atoms with van der Waals surface area (Å²) >= 11 is 0. The summed E-state index contributed by atoms with van der Waals surface area (Å²) in [5.41, 5.74) is 2.98. The molecule has 1 unspecified atom stereocenters. The Bertz CT molecular complexity index is 751. The summed E-state index contributed by atoms with van der Waals surface area (Å²) in [6, 6.07) is 5.58. The molecule has 1 saturated heterocycles. The zero-order valence-electron chi connectivity index (χ0n) is 17.0. The average Bonchev–Trinajstić information content (AvgIpc) is 2.71. The molecule has 2 amide bonds. The van der Waals surface area contributed by atoms with E-state index in [2.05, 4.69) is 11.4 Å². The molecule has 2 aliphatic heterocycles. The third kappa shape index (κ3) is 4.37. The molecule has 0 aromatic heterocycles. The monoisotopic (exact) mass is 386 g/mol. The van der Waals surface area contributed by atoms with Crippen LogP contribution in [0.25, 0.3) is 0 Å². The lowest BCUT2D eigenvalue weighted by molar-refractivity contribution is -0.138. The van der Waals surface area contributed by atoms with E-state index in [9.17, 15) is 14.4 Å². The van der Waals surface area contributed by atoms with Crippen molar-refractivity contribution in [2.75, 3.05) is 19.7 Å². The average molecular weight is 386 g/mol. The number of fused-ring (bicyclic) bond motifs is 1. The van der Waals surface area contributed by atoms with Gasteiger partial charge in [0.15, 0.2) is 0 Å². The molecule has 2 aliphatic rings. The molecule has 1 aromatic rings. The van der Waals surface area contributed by atoms with Gasteiger partial charge in [-0.05, 0) is 42.4 Å². The number of carbonyl (C=O) groups excluding carboxylic acids is 3. The van der Waals surface area contributed by atoms with Gasteiger partial charge in [0.05, 0.1) is 12.2 Å². The van der Waals surface area contributed by atoms with E-state index in [4.69, 9.17) is 4.74 Å². The van der Waals surface area contributed by atoms with Crippen molar-refractivity contribution in [1.82, 2.24) is 10.2 Å². The van der Waals surface area contributed by atoms with Crippen molar-refractivity contribution in [3.8, 4) is 0 Å². The fourth-order valence-electron chi connectivity index (χ4n) is 3.94. The fraction of sp³-hybridized carbons (Fsp3) is 0.591. The third-order valence-electron chi connectivity index (χ3n) is 5.78. The summed E-state index contributed by atoms with van der Waals surface area (Å²) in [5, 5.41) is 2.87. The molecule has 6 heteroatoms. The topological polar surface area (TPSA) is 75.7 Å². The number of cyclic esters (lactones) is 1. The quantitative estimate of drug-likeness (QED) is 0.790. The van der Waals surface area contributed by atoms with Crippen LogP contribution in [0.4, 0.5) is 0 Å². The standard InChI is InChI=1S/C22H30N2O4/c1-4-19(23-20(25)14(2)3)21(26)24-10-7-15(8-11-24)16-5-6-18-17(13-16)9-12-28-22(18)27/h5-6,13-15,19H,4,7-12H2,1-3H3,(H,23,25). The number of nitrogens with one attached hydrogen (secondary N) is 1. The van der Waals surface area contributed by atoms with E-state index in [0.29, 0.717) is 37.6 Å². The van der Waals surface area contributed by atoms with E-state index in [0.717, 1.165) is 24.8 Å². The molecule has 0 aliphatic carbocycles. The number of piperidine rings is 1. The highest BCUT2D eigenvalue weighted by Gasteiger charge is 2.30. The molecule has 1 N–H and O–H groups in total. The first-order chi connectivity index (χ1) is 13.4.